The first kappa shape index (κ1) is 16.1. The highest BCUT2D eigenvalue weighted by Gasteiger charge is 2.36. The molecule has 2 saturated heterocycles. The maximum atomic E-state index is 12.3. The molecule has 0 aromatic rings. The second-order valence-electron chi connectivity index (χ2n) is 6.05. The van der Waals surface area contributed by atoms with Crippen molar-refractivity contribution in [1.29, 1.82) is 0 Å². The summed E-state index contributed by atoms with van der Waals surface area (Å²) < 4.78 is 22.7. The van der Waals surface area contributed by atoms with E-state index in [-0.39, 0.29) is 23.5 Å². The minimum atomic E-state index is -2.97. The second kappa shape index (κ2) is 6.21. The molecule has 0 saturated carbocycles. The summed E-state index contributed by atoms with van der Waals surface area (Å²) in [5.41, 5.74) is 0. The lowest BCUT2D eigenvalue weighted by Crippen LogP contribution is -2.55. The number of carboxylic acid groups (broad SMARTS) is 1. The Bertz CT molecular complexity index is 505. The van der Waals surface area contributed by atoms with E-state index in [1.54, 1.807) is 0 Å². The Morgan fingerprint density at radius 1 is 1.19 bits per heavy atom. The largest absolute Gasteiger partial charge is 0.480 e. The fraction of sp³-hybridized carbons (Fsp3) is 0.846. The highest BCUT2D eigenvalue weighted by molar-refractivity contribution is 7.91. The molecule has 0 aromatic carbocycles. The smallest absolute Gasteiger partial charge is 0.326 e. The maximum absolute atomic E-state index is 12.3. The fourth-order valence-electron chi connectivity index (χ4n) is 2.91. The van der Waals surface area contributed by atoms with E-state index >= 15 is 0 Å². The highest BCUT2D eigenvalue weighted by Crippen LogP contribution is 2.23. The molecule has 2 atom stereocenters. The number of carbonyl (C=O) groups excluding carboxylic acids is 1. The van der Waals surface area contributed by atoms with Crippen molar-refractivity contribution in [2.75, 3.05) is 18.1 Å². The molecule has 2 unspecified atom stereocenters. The van der Waals surface area contributed by atoms with Crippen molar-refractivity contribution >= 4 is 21.8 Å². The molecule has 2 rings (SSSR count). The van der Waals surface area contributed by atoms with Crippen LogP contribution in [0.25, 0.3) is 0 Å². The molecule has 2 amide bonds. The average Bonchev–Trinajstić information content (AvgIpc) is 2.41. The van der Waals surface area contributed by atoms with Gasteiger partial charge in [-0.15, -0.1) is 0 Å². The summed E-state index contributed by atoms with van der Waals surface area (Å²) in [4.78, 5) is 24.9. The summed E-state index contributed by atoms with van der Waals surface area (Å²) in [7, 11) is -2.97. The lowest BCUT2D eigenvalue weighted by molar-refractivity contribution is -0.143. The Labute approximate surface area is 124 Å². The van der Waals surface area contributed by atoms with Gasteiger partial charge in [0.15, 0.2) is 0 Å². The number of nitrogens with one attached hydrogen (secondary N) is 1. The standard InChI is InChI=1S/C13H22N2O5S/c1-9-2-5-15(11(8-9)12(16)17)13(18)14-10-3-6-21(19,20)7-4-10/h9-11H,2-8H2,1H3,(H,14,18)(H,16,17). The number of hydrogen-bond acceptors (Lipinski definition) is 4. The van der Waals surface area contributed by atoms with Crippen LogP contribution in [0, 0.1) is 5.92 Å². The number of piperidine rings is 1. The molecule has 2 N–H and O–H groups in total. The molecule has 0 spiro atoms. The number of carboxylic acids is 1. The highest BCUT2D eigenvalue weighted by atomic mass is 32.2. The quantitative estimate of drug-likeness (QED) is 0.770. The summed E-state index contributed by atoms with van der Waals surface area (Å²) in [5.74, 6) is -0.535. The molecule has 120 valence electrons. The van der Waals surface area contributed by atoms with Crippen molar-refractivity contribution in [3.05, 3.63) is 0 Å². The number of urea groups is 1. The van der Waals surface area contributed by atoms with Gasteiger partial charge in [0.1, 0.15) is 15.9 Å². The zero-order valence-corrected chi connectivity index (χ0v) is 12.9. The molecule has 8 heteroatoms. The third-order valence-corrected chi connectivity index (χ3v) is 6.01. The van der Waals surface area contributed by atoms with Crippen molar-refractivity contribution < 1.29 is 23.1 Å². The van der Waals surface area contributed by atoms with Gasteiger partial charge >= 0.3 is 12.0 Å². The van der Waals surface area contributed by atoms with Gasteiger partial charge in [0.25, 0.3) is 0 Å². The number of aliphatic carboxylic acids is 1. The van der Waals surface area contributed by atoms with E-state index in [4.69, 9.17) is 0 Å². The number of nitrogens with zero attached hydrogens (tertiary/aromatic N) is 1. The summed E-state index contributed by atoms with van der Waals surface area (Å²) in [6.45, 7) is 2.41. The van der Waals surface area contributed by atoms with Crippen LogP contribution in [0.1, 0.15) is 32.6 Å². The molecular weight excluding hydrogens is 296 g/mol. The predicted molar refractivity (Wildman–Crippen MR) is 76.7 cm³/mol. The molecule has 2 aliphatic rings. The van der Waals surface area contributed by atoms with E-state index in [0.29, 0.717) is 25.8 Å². The molecule has 2 aliphatic heterocycles. The number of sulfone groups is 1. The second-order valence-corrected chi connectivity index (χ2v) is 8.36. The van der Waals surface area contributed by atoms with Crippen LogP contribution in [0.2, 0.25) is 0 Å². The summed E-state index contributed by atoms with van der Waals surface area (Å²) in [5, 5.41) is 12.0. The minimum absolute atomic E-state index is 0.0807. The van der Waals surface area contributed by atoms with Crippen molar-refractivity contribution in [2.45, 2.75) is 44.7 Å². The van der Waals surface area contributed by atoms with Crippen molar-refractivity contribution in [3.8, 4) is 0 Å². The first-order valence-corrected chi connectivity index (χ1v) is 9.11. The number of likely N-dealkylation sites (tertiary alicyclic amines) is 1. The van der Waals surface area contributed by atoms with E-state index in [1.165, 1.54) is 4.90 Å². The zero-order valence-electron chi connectivity index (χ0n) is 12.1. The monoisotopic (exact) mass is 318 g/mol. The van der Waals surface area contributed by atoms with Crippen molar-refractivity contribution in [2.24, 2.45) is 5.92 Å². The van der Waals surface area contributed by atoms with Crippen LogP contribution in [0.5, 0.6) is 0 Å². The topological polar surface area (TPSA) is 104 Å². The van der Waals surface area contributed by atoms with Gasteiger partial charge in [0.05, 0.1) is 11.5 Å². The SMILES string of the molecule is CC1CCN(C(=O)NC2CCS(=O)(=O)CC2)C(C(=O)O)C1. The number of hydrogen-bond donors (Lipinski definition) is 2. The van der Waals surface area contributed by atoms with E-state index in [2.05, 4.69) is 5.32 Å². The van der Waals surface area contributed by atoms with Gasteiger partial charge in [-0.05, 0) is 31.6 Å². The molecule has 0 aliphatic carbocycles. The molecule has 0 radical (unpaired) electrons. The molecule has 0 bridgehead atoms. The van der Waals surface area contributed by atoms with Crippen LogP contribution < -0.4 is 5.32 Å². The van der Waals surface area contributed by atoms with Crippen LogP contribution in [-0.2, 0) is 14.6 Å². The molecule has 0 aromatic heterocycles. The third kappa shape index (κ3) is 4.09. The molecule has 2 heterocycles. The molecular formula is C13H22N2O5S. The normalized spacial score (nSPS) is 29.9. The zero-order chi connectivity index (χ0) is 15.6. The van der Waals surface area contributed by atoms with Gasteiger partial charge in [0, 0.05) is 12.6 Å². The van der Waals surface area contributed by atoms with E-state index in [1.807, 2.05) is 6.92 Å². The Balaban J connectivity index is 1.94. The Morgan fingerprint density at radius 3 is 2.38 bits per heavy atom. The van der Waals surface area contributed by atoms with Gasteiger partial charge in [-0.2, -0.15) is 0 Å². The minimum Gasteiger partial charge on any atom is -0.480 e. The van der Waals surface area contributed by atoms with E-state index in [0.717, 1.165) is 6.42 Å². The summed E-state index contributed by atoms with van der Waals surface area (Å²) in [6, 6.07) is -1.37. The van der Waals surface area contributed by atoms with Crippen LogP contribution in [0.4, 0.5) is 4.79 Å². The first-order chi connectivity index (χ1) is 9.78. The average molecular weight is 318 g/mol. The van der Waals surface area contributed by atoms with E-state index in [9.17, 15) is 23.1 Å². The molecule has 7 nitrogen and oxygen atoms in total. The van der Waals surface area contributed by atoms with Gasteiger partial charge < -0.3 is 15.3 Å². The predicted octanol–water partition coefficient (Wildman–Crippen LogP) is 0.458. The summed E-state index contributed by atoms with van der Waals surface area (Å²) >= 11 is 0. The first-order valence-electron chi connectivity index (χ1n) is 7.29. The molecule has 2 fully saturated rings. The van der Waals surface area contributed by atoms with Gasteiger partial charge in [-0.25, -0.2) is 18.0 Å². The Morgan fingerprint density at radius 2 is 1.81 bits per heavy atom. The van der Waals surface area contributed by atoms with Crippen LogP contribution in [0.3, 0.4) is 0 Å². The van der Waals surface area contributed by atoms with Crippen molar-refractivity contribution in [3.63, 3.8) is 0 Å². The maximum Gasteiger partial charge on any atom is 0.326 e. The van der Waals surface area contributed by atoms with Crippen molar-refractivity contribution in [1.82, 2.24) is 10.2 Å². The third-order valence-electron chi connectivity index (χ3n) is 4.29. The lowest BCUT2D eigenvalue weighted by Gasteiger charge is -2.37. The number of carbonyl (C=O) groups is 2. The van der Waals surface area contributed by atoms with Crippen LogP contribution >= 0.6 is 0 Å². The van der Waals surface area contributed by atoms with Gasteiger partial charge in [-0.1, -0.05) is 6.92 Å². The number of amides is 2. The Hall–Kier alpha value is -1.31. The van der Waals surface area contributed by atoms with E-state index < -0.39 is 27.9 Å². The number of rotatable bonds is 2. The van der Waals surface area contributed by atoms with Gasteiger partial charge in [0.2, 0.25) is 0 Å². The Kier molecular flexibility index (Phi) is 4.75. The lowest BCUT2D eigenvalue weighted by atomic mass is 9.92. The van der Waals surface area contributed by atoms with Gasteiger partial charge in [-0.3, -0.25) is 0 Å². The van der Waals surface area contributed by atoms with Crippen LogP contribution in [-0.4, -0.2) is 60.6 Å². The fourth-order valence-corrected chi connectivity index (χ4v) is 4.40. The van der Waals surface area contributed by atoms with Crippen LogP contribution in [0.15, 0.2) is 0 Å². The summed E-state index contributed by atoms with van der Waals surface area (Å²) in [6.07, 6.45) is 2.05. The molecule has 21 heavy (non-hydrogen) atoms.